The number of guanidine groups is 1. The lowest BCUT2D eigenvalue weighted by molar-refractivity contribution is -0.137. The molecule has 2 N–H and O–H groups in total. The minimum atomic E-state index is -4.31. The van der Waals surface area contributed by atoms with Crippen molar-refractivity contribution < 1.29 is 17.9 Å². The number of alkyl halides is 3. The Kier molecular flexibility index (Phi) is 10.3. The third-order valence-electron chi connectivity index (χ3n) is 3.85. The van der Waals surface area contributed by atoms with Crippen LogP contribution in [-0.2, 0) is 17.5 Å². The van der Waals surface area contributed by atoms with Gasteiger partial charge in [-0.25, -0.2) is 4.99 Å². The van der Waals surface area contributed by atoms with Gasteiger partial charge in [0.2, 0.25) is 0 Å². The van der Waals surface area contributed by atoms with Crippen molar-refractivity contribution in [2.75, 3.05) is 26.3 Å². The maximum absolute atomic E-state index is 12.6. The quantitative estimate of drug-likeness (QED) is 0.239. The Hall–Kier alpha value is -1.03. The summed E-state index contributed by atoms with van der Waals surface area (Å²) in [5, 5.41) is 6.33. The van der Waals surface area contributed by atoms with Crippen molar-refractivity contribution in [3.63, 3.8) is 0 Å². The van der Waals surface area contributed by atoms with Crippen LogP contribution in [0.5, 0.6) is 0 Å². The Balaban J connectivity index is 0.00000338. The Bertz CT molecular complexity index is 546. The van der Waals surface area contributed by atoms with E-state index in [9.17, 15) is 13.2 Å². The van der Waals surface area contributed by atoms with Gasteiger partial charge in [0.25, 0.3) is 0 Å². The third kappa shape index (κ3) is 9.07. The van der Waals surface area contributed by atoms with Crippen LogP contribution in [0.2, 0.25) is 0 Å². The highest BCUT2D eigenvalue weighted by Gasteiger charge is 2.29. The fourth-order valence-electron chi connectivity index (χ4n) is 2.23. The normalized spacial score (nSPS) is 14.7. The maximum Gasteiger partial charge on any atom is 0.416 e. The Morgan fingerprint density at radius 3 is 2.46 bits per heavy atom. The molecule has 0 atom stereocenters. The maximum atomic E-state index is 12.6. The molecule has 26 heavy (non-hydrogen) atoms. The van der Waals surface area contributed by atoms with Gasteiger partial charge in [0.05, 0.1) is 12.1 Å². The van der Waals surface area contributed by atoms with E-state index >= 15 is 0 Å². The Labute approximate surface area is 170 Å². The van der Waals surface area contributed by atoms with Gasteiger partial charge in [-0.3, -0.25) is 0 Å². The molecule has 2 rings (SSSR count). The van der Waals surface area contributed by atoms with Crippen molar-refractivity contribution in [3.8, 4) is 0 Å². The SMILES string of the molecule is CCNC(=NCc1ccc(C(F)(F)F)cc1)NCCCOCC1CC1.I. The first kappa shape index (κ1) is 23.0. The molecule has 148 valence electrons. The van der Waals surface area contributed by atoms with Gasteiger partial charge in [0.15, 0.2) is 5.96 Å². The molecule has 0 amide bonds. The summed E-state index contributed by atoms with van der Waals surface area (Å²) >= 11 is 0. The van der Waals surface area contributed by atoms with E-state index in [-0.39, 0.29) is 24.0 Å². The summed E-state index contributed by atoms with van der Waals surface area (Å²) in [6.45, 7) is 5.34. The van der Waals surface area contributed by atoms with Crippen LogP contribution in [0.25, 0.3) is 0 Å². The smallest absolute Gasteiger partial charge is 0.381 e. The monoisotopic (exact) mass is 485 g/mol. The van der Waals surface area contributed by atoms with Gasteiger partial charge < -0.3 is 15.4 Å². The highest BCUT2D eigenvalue weighted by Crippen LogP contribution is 2.29. The van der Waals surface area contributed by atoms with E-state index in [0.29, 0.717) is 12.5 Å². The molecule has 8 heteroatoms. The van der Waals surface area contributed by atoms with E-state index in [0.717, 1.165) is 56.3 Å². The third-order valence-corrected chi connectivity index (χ3v) is 3.85. The molecule has 0 bridgehead atoms. The van der Waals surface area contributed by atoms with Crippen LogP contribution in [0, 0.1) is 5.92 Å². The molecule has 1 aliphatic carbocycles. The van der Waals surface area contributed by atoms with Crippen LogP contribution in [0.1, 0.15) is 37.3 Å². The van der Waals surface area contributed by atoms with Crippen molar-refractivity contribution >= 4 is 29.9 Å². The number of hydrogen-bond donors (Lipinski definition) is 2. The summed E-state index contributed by atoms with van der Waals surface area (Å²) < 4.78 is 43.2. The van der Waals surface area contributed by atoms with E-state index in [1.165, 1.54) is 25.0 Å². The van der Waals surface area contributed by atoms with Gasteiger partial charge in [-0.1, -0.05) is 12.1 Å². The standard InChI is InChI=1S/C18H26F3N3O.HI/c1-2-22-17(23-10-3-11-25-13-15-4-5-15)24-12-14-6-8-16(9-7-14)18(19,20)21;/h6-9,15H,2-5,10-13H2,1H3,(H2,22,23,24);1H. The number of aliphatic imine (C=N–C) groups is 1. The molecule has 1 fully saturated rings. The number of benzene rings is 1. The van der Waals surface area contributed by atoms with Crippen LogP contribution in [0.4, 0.5) is 13.2 Å². The zero-order valence-corrected chi connectivity index (χ0v) is 17.3. The second kappa shape index (κ2) is 11.6. The molecule has 0 saturated heterocycles. The van der Waals surface area contributed by atoms with E-state index in [1.54, 1.807) is 0 Å². The van der Waals surface area contributed by atoms with Gasteiger partial charge in [-0.2, -0.15) is 13.2 Å². The summed E-state index contributed by atoms with van der Waals surface area (Å²) in [6, 6.07) is 5.09. The zero-order chi connectivity index (χ0) is 18.1. The molecule has 1 saturated carbocycles. The average Bonchev–Trinajstić information content (AvgIpc) is 3.39. The molecule has 0 heterocycles. The highest BCUT2D eigenvalue weighted by molar-refractivity contribution is 14.0. The van der Waals surface area contributed by atoms with Gasteiger partial charge in [-0.15, -0.1) is 24.0 Å². The minimum absolute atomic E-state index is 0. The molecule has 0 aromatic heterocycles. The molecule has 0 aliphatic heterocycles. The minimum Gasteiger partial charge on any atom is -0.381 e. The van der Waals surface area contributed by atoms with E-state index in [1.807, 2.05) is 6.92 Å². The van der Waals surface area contributed by atoms with Crippen molar-refractivity contribution in [2.24, 2.45) is 10.9 Å². The number of hydrogen-bond acceptors (Lipinski definition) is 2. The van der Waals surface area contributed by atoms with Crippen molar-refractivity contribution in [2.45, 2.75) is 38.9 Å². The molecule has 0 spiro atoms. The van der Waals surface area contributed by atoms with Gasteiger partial charge >= 0.3 is 6.18 Å². The predicted molar refractivity (Wildman–Crippen MR) is 108 cm³/mol. The zero-order valence-electron chi connectivity index (χ0n) is 14.9. The lowest BCUT2D eigenvalue weighted by Crippen LogP contribution is -2.38. The van der Waals surface area contributed by atoms with Crippen molar-refractivity contribution in [1.29, 1.82) is 0 Å². The lowest BCUT2D eigenvalue weighted by Gasteiger charge is -2.12. The molecule has 1 aromatic rings. The fourth-order valence-corrected chi connectivity index (χ4v) is 2.23. The Morgan fingerprint density at radius 1 is 1.19 bits per heavy atom. The molecule has 4 nitrogen and oxygen atoms in total. The number of ether oxygens (including phenoxy) is 1. The van der Waals surface area contributed by atoms with E-state index < -0.39 is 11.7 Å². The molecule has 0 radical (unpaired) electrons. The van der Waals surface area contributed by atoms with Crippen LogP contribution >= 0.6 is 24.0 Å². The van der Waals surface area contributed by atoms with Crippen molar-refractivity contribution in [3.05, 3.63) is 35.4 Å². The molecule has 1 aliphatic rings. The molecular formula is C18H27F3IN3O. The fraction of sp³-hybridized carbons (Fsp3) is 0.611. The van der Waals surface area contributed by atoms with Gasteiger partial charge in [0.1, 0.15) is 0 Å². The van der Waals surface area contributed by atoms with E-state index in [4.69, 9.17) is 4.74 Å². The predicted octanol–water partition coefficient (Wildman–Crippen LogP) is 4.20. The van der Waals surface area contributed by atoms with E-state index in [2.05, 4.69) is 15.6 Å². The topological polar surface area (TPSA) is 45.7 Å². The van der Waals surface area contributed by atoms with Crippen LogP contribution in [-0.4, -0.2) is 32.3 Å². The first-order chi connectivity index (χ1) is 12.0. The van der Waals surface area contributed by atoms with Gasteiger partial charge in [0, 0.05) is 26.3 Å². The van der Waals surface area contributed by atoms with Gasteiger partial charge in [-0.05, 0) is 49.8 Å². The second-order valence-corrected chi connectivity index (χ2v) is 6.19. The summed E-state index contributed by atoms with van der Waals surface area (Å²) in [5.41, 5.74) is 0.0921. The number of nitrogens with zero attached hydrogens (tertiary/aromatic N) is 1. The summed E-state index contributed by atoms with van der Waals surface area (Å²) in [5.74, 6) is 1.43. The Morgan fingerprint density at radius 2 is 1.88 bits per heavy atom. The largest absolute Gasteiger partial charge is 0.416 e. The number of rotatable bonds is 9. The highest BCUT2D eigenvalue weighted by atomic mass is 127. The molecule has 1 aromatic carbocycles. The first-order valence-electron chi connectivity index (χ1n) is 8.75. The number of nitrogens with one attached hydrogen (secondary N) is 2. The summed E-state index contributed by atoms with van der Waals surface area (Å²) in [4.78, 5) is 4.40. The molecular weight excluding hydrogens is 458 g/mol. The van der Waals surface area contributed by atoms with Crippen LogP contribution in [0.3, 0.4) is 0 Å². The molecule has 0 unspecified atom stereocenters. The summed E-state index contributed by atoms with van der Waals surface area (Å²) in [7, 11) is 0. The second-order valence-electron chi connectivity index (χ2n) is 6.19. The number of halogens is 4. The first-order valence-corrected chi connectivity index (χ1v) is 8.75. The van der Waals surface area contributed by atoms with Crippen LogP contribution in [0.15, 0.2) is 29.3 Å². The average molecular weight is 485 g/mol. The van der Waals surface area contributed by atoms with Crippen LogP contribution < -0.4 is 10.6 Å². The van der Waals surface area contributed by atoms with Crippen molar-refractivity contribution in [1.82, 2.24) is 10.6 Å². The summed E-state index contributed by atoms with van der Waals surface area (Å²) in [6.07, 6.45) is -0.837. The lowest BCUT2D eigenvalue weighted by atomic mass is 10.1.